The van der Waals surface area contributed by atoms with E-state index in [0.717, 1.165) is 32.1 Å². The standard InChI is InChI=1S/C32H43N3O4/c1-4-39-28(36)21-24-22-32(26-15-9-8-14-25(24)26)17-19-35(20-18-32)29(37)27(34-30(38)31(2,3)33)16-10-13-23-11-6-5-7-12-23/h5-9,11-12,14-15,24,27H,4,10,13,16-22,33H2,1-3H3,(H,34,38)/t24-,27+/m0/s1. The SMILES string of the molecule is CCOC(=O)C[C@H]1CC2(CCN(C(=O)[C@@H](CCCc3ccccc3)NC(=O)C(C)(C)N)CC2)c2ccccc21. The lowest BCUT2D eigenvalue weighted by Crippen LogP contribution is -2.57. The first-order chi connectivity index (χ1) is 18.6. The number of carbonyl (C=O) groups is 3. The molecule has 0 saturated carbocycles. The van der Waals surface area contributed by atoms with Gasteiger partial charge in [-0.25, -0.2) is 0 Å². The van der Waals surface area contributed by atoms with Crippen LogP contribution < -0.4 is 11.1 Å². The molecular weight excluding hydrogens is 490 g/mol. The third-order valence-electron chi connectivity index (χ3n) is 8.35. The van der Waals surface area contributed by atoms with E-state index >= 15 is 0 Å². The third-order valence-corrected chi connectivity index (χ3v) is 8.35. The number of benzene rings is 2. The van der Waals surface area contributed by atoms with Crippen LogP contribution in [0, 0.1) is 0 Å². The van der Waals surface area contributed by atoms with Crippen molar-refractivity contribution in [3.63, 3.8) is 0 Å². The van der Waals surface area contributed by atoms with E-state index < -0.39 is 11.6 Å². The summed E-state index contributed by atoms with van der Waals surface area (Å²) in [5.41, 5.74) is 8.70. The van der Waals surface area contributed by atoms with E-state index in [0.29, 0.717) is 32.5 Å². The molecule has 0 radical (unpaired) electrons. The highest BCUT2D eigenvalue weighted by molar-refractivity contribution is 5.91. The van der Waals surface area contributed by atoms with E-state index in [1.807, 2.05) is 36.1 Å². The Kier molecular flexibility index (Phi) is 9.11. The Morgan fingerprint density at radius 2 is 1.74 bits per heavy atom. The highest BCUT2D eigenvalue weighted by Gasteiger charge is 2.46. The molecule has 7 heteroatoms. The molecule has 2 aliphatic rings. The van der Waals surface area contributed by atoms with Crippen LogP contribution in [0.3, 0.4) is 0 Å². The van der Waals surface area contributed by atoms with Crippen LogP contribution >= 0.6 is 0 Å². The molecule has 2 aromatic carbocycles. The summed E-state index contributed by atoms with van der Waals surface area (Å²) in [6.07, 6.45) is 5.14. The number of likely N-dealkylation sites (tertiary alicyclic amines) is 1. The van der Waals surface area contributed by atoms with Gasteiger partial charge in [-0.2, -0.15) is 0 Å². The number of fused-ring (bicyclic) bond motifs is 2. The maximum Gasteiger partial charge on any atom is 0.306 e. The van der Waals surface area contributed by atoms with E-state index in [2.05, 4.69) is 35.6 Å². The number of nitrogens with zero attached hydrogens (tertiary/aromatic N) is 1. The van der Waals surface area contributed by atoms with Gasteiger partial charge in [0.2, 0.25) is 11.8 Å². The summed E-state index contributed by atoms with van der Waals surface area (Å²) >= 11 is 0. The molecule has 1 spiro atoms. The fourth-order valence-electron chi connectivity index (χ4n) is 6.24. The normalized spacial score (nSPS) is 18.9. The number of esters is 1. The number of ether oxygens (including phenoxy) is 1. The molecule has 1 saturated heterocycles. The molecule has 1 heterocycles. The molecule has 2 amide bonds. The summed E-state index contributed by atoms with van der Waals surface area (Å²) in [5.74, 6) is -0.372. The fraction of sp³-hybridized carbons (Fsp3) is 0.531. The average molecular weight is 534 g/mol. The van der Waals surface area contributed by atoms with Gasteiger partial charge < -0.3 is 20.7 Å². The van der Waals surface area contributed by atoms with E-state index in [4.69, 9.17) is 10.5 Å². The Labute approximate surface area is 232 Å². The quantitative estimate of drug-likeness (QED) is 0.445. The summed E-state index contributed by atoms with van der Waals surface area (Å²) in [7, 11) is 0. The first kappa shape index (κ1) is 28.8. The van der Waals surface area contributed by atoms with Crippen molar-refractivity contribution in [3.05, 3.63) is 71.3 Å². The molecule has 0 aromatic heterocycles. The zero-order valence-corrected chi connectivity index (χ0v) is 23.6. The van der Waals surface area contributed by atoms with Crippen molar-refractivity contribution in [3.8, 4) is 0 Å². The van der Waals surface area contributed by atoms with Crippen LogP contribution in [0.1, 0.15) is 81.9 Å². The highest BCUT2D eigenvalue weighted by atomic mass is 16.5. The first-order valence-corrected chi connectivity index (χ1v) is 14.3. The van der Waals surface area contributed by atoms with Gasteiger partial charge in [-0.05, 0) is 87.3 Å². The number of carbonyl (C=O) groups excluding carboxylic acids is 3. The van der Waals surface area contributed by atoms with Crippen molar-refractivity contribution in [2.45, 2.75) is 88.6 Å². The summed E-state index contributed by atoms with van der Waals surface area (Å²) < 4.78 is 5.25. The molecule has 4 rings (SSSR count). The minimum absolute atomic E-state index is 0.0372. The highest BCUT2D eigenvalue weighted by Crippen LogP contribution is 2.52. The molecule has 210 valence electrons. The second-order valence-electron chi connectivity index (χ2n) is 11.7. The van der Waals surface area contributed by atoms with E-state index in [1.54, 1.807) is 13.8 Å². The van der Waals surface area contributed by atoms with Gasteiger partial charge in [-0.15, -0.1) is 0 Å². The molecule has 1 fully saturated rings. The molecular formula is C32H43N3O4. The molecule has 39 heavy (non-hydrogen) atoms. The molecule has 3 N–H and O–H groups in total. The Balaban J connectivity index is 1.43. The number of amides is 2. The number of rotatable bonds is 10. The number of hydrogen-bond donors (Lipinski definition) is 2. The van der Waals surface area contributed by atoms with E-state index in [-0.39, 0.29) is 29.1 Å². The van der Waals surface area contributed by atoms with Crippen LogP contribution in [0.4, 0.5) is 0 Å². The van der Waals surface area contributed by atoms with Crippen molar-refractivity contribution in [2.75, 3.05) is 19.7 Å². The first-order valence-electron chi connectivity index (χ1n) is 14.3. The lowest BCUT2D eigenvalue weighted by atomic mass is 9.73. The second-order valence-corrected chi connectivity index (χ2v) is 11.7. The van der Waals surface area contributed by atoms with Gasteiger partial charge in [0.1, 0.15) is 6.04 Å². The van der Waals surface area contributed by atoms with Crippen molar-refractivity contribution in [2.24, 2.45) is 5.73 Å². The lowest BCUT2D eigenvalue weighted by Gasteiger charge is -2.41. The summed E-state index contributed by atoms with van der Waals surface area (Å²) in [6.45, 7) is 6.78. The van der Waals surface area contributed by atoms with Crippen LogP contribution in [-0.2, 0) is 31.0 Å². The molecule has 0 unspecified atom stereocenters. The summed E-state index contributed by atoms with van der Waals surface area (Å²) in [6, 6.07) is 18.0. The fourth-order valence-corrected chi connectivity index (χ4v) is 6.24. The summed E-state index contributed by atoms with van der Waals surface area (Å²) in [4.78, 5) is 40.7. The maximum atomic E-state index is 13.7. The molecule has 1 aliphatic carbocycles. The minimum atomic E-state index is -1.06. The predicted octanol–water partition coefficient (Wildman–Crippen LogP) is 4.23. The Bertz CT molecular complexity index is 1150. The second kappa shape index (κ2) is 12.3. The molecule has 1 aliphatic heterocycles. The van der Waals surface area contributed by atoms with Gasteiger partial charge in [0.05, 0.1) is 18.6 Å². The molecule has 2 atom stereocenters. The Morgan fingerprint density at radius 1 is 1.08 bits per heavy atom. The smallest absolute Gasteiger partial charge is 0.306 e. The van der Waals surface area contributed by atoms with Crippen molar-refractivity contribution in [1.29, 1.82) is 0 Å². The van der Waals surface area contributed by atoms with Gasteiger partial charge in [-0.1, -0.05) is 54.6 Å². The van der Waals surface area contributed by atoms with Crippen LogP contribution in [0.25, 0.3) is 0 Å². The zero-order chi connectivity index (χ0) is 28.0. The molecule has 0 bridgehead atoms. The van der Waals surface area contributed by atoms with E-state index in [1.165, 1.54) is 16.7 Å². The van der Waals surface area contributed by atoms with Crippen molar-refractivity contribution >= 4 is 17.8 Å². The lowest BCUT2D eigenvalue weighted by molar-refractivity contribution is -0.143. The molecule has 2 aromatic rings. The van der Waals surface area contributed by atoms with E-state index in [9.17, 15) is 14.4 Å². The number of hydrogen-bond acceptors (Lipinski definition) is 5. The Morgan fingerprint density at radius 3 is 2.41 bits per heavy atom. The van der Waals surface area contributed by atoms with Crippen molar-refractivity contribution in [1.82, 2.24) is 10.2 Å². The third kappa shape index (κ3) is 6.88. The van der Waals surface area contributed by atoms with Gasteiger partial charge in [0, 0.05) is 13.1 Å². The number of nitrogens with two attached hydrogens (primary N) is 1. The Hall–Kier alpha value is -3.19. The van der Waals surface area contributed by atoms with Crippen LogP contribution in [0.15, 0.2) is 54.6 Å². The van der Waals surface area contributed by atoms with Gasteiger partial charge >= 0.3 is 5.97 Å². The number of nitrogens with one attached hydrogen (secondary N) is 1. The van der Waals surface area contributed by atoms with Crippen molar-refractivity contribution < 1.29 is 19.1 Å². The maximum absolute atomic E-state index is 13.7. The predicted molar refractivity (Wildman–Crippen MR) is 152 cm³/mol. The summed E-state index contributed by atoms with van der Waals surface area (Å²) in [5, 5.41) is 2.95. The van der Waals surface area contributed by atoms with Gasteiger partial charge in [0.15, 0.2) is 0 Å². The van der Waals surface area contributed by atoms with Crippen LogP contribution in [0.2, 0.25) is 0 Å². The average Bonchev–Trinajstić information content (AvgIpc) is 3.20. The number of aryl methyl sites for hydroxylation is 1. The molecule has 7 nitrogen and oxygen atoms in total. The minimum Gasteiger partial charge on any atom is -0.466 e. The zero-order valence-electron chi connectivity index (χ0n) is 23.6. The van der Waals surface area contributed by atoms with Gasteiger partial charge in [0.25, 0.3) is 0 Å². The largest absolute Gasteiger partial charge is 0.466 e. The monoisotopic (exact) mass is 533 g/mol. The van der Waals surface area contributed by atoms with Gasteiger partial charge in [-0.3, -0.25) is 14.4 Å². The van der Waals surface area contributed by atoms with Crippen LogP contribution in [-0.4, -0.2) is 54.0 Å². The topological polar surface area (TPSA) is 102 Å². The van der Waals surface area contributed by atoms with Crippen LogP contribution in [0.5, 0.6) is 0 Å². The number of piperidine rings is 1.